The van der Waals surface area contributed by atoms with Gasteiger partial charge in [-0.3, -0.25) is 0 Å². The van der Waals surface area contributed by atoms with E-state index >= 15 is 0 Å². The van der Waals surface area contributed by atoms with E-state index in [1.54, 1.807) is 7.11 Å². The maximum absolute atomic E-state index is 11.3. The minimum atomic E-state index is -1.06. The first-order chi connectivity index (χ1) is 9.08. The Balaban J connectivity index is 2.67. The lowest BCUT2D eigenvalue weighted by molar-refractivity contribution is 0.0699. The molecule has 0 saturated carbocycles. The monoisotopic (exact) mass is 260 g/mol. The Morgan fingerprint density at radius 1 is 1.47 bits per heavy atom. The minimum Gasteiger partial charge on any atom is -0.496 e. The molecule has 0 aliphatic carbocycles. The number of aromatic amines is 1. The zero-order valence-corrected chi connectivity index (χ0v) is 10.9. The fourth-order valence-electron chi connectivity index (χ4n) is 2.05. The molecular weight excluding hydrogens is 244 g/mol. The van der Waals surface area contributed by atoms with Crippen molar-refractivity contribution in [3.63, 3.8) is 0 Å². The number of rotatable bonds is 4. The third-order valence-corrected chi connectivity index (χ3v) is 3.07. The van der Waals surface area contributed by atoms with Crippen LogP contribution in [0.4, 0.5) is 5.69 Å². The van der Waals surface area contributed by atoms with Crippen LogP contribution in [0.1, 0.15) is 22.8 Å². The molecule has 4 N–H and O–H groups in total. The Bertz CT molecular complexity index is 617. The minimum absolute atomic E-state index is 0.0755. The van der Waals surface area contributed by atoms with Crippen LogP contribution in [-0.4, -0.2) is 23.2 Å². The molecule has 1 aromatic heterocycles. The van der Waals surface area contributed by atoms with Gasteiger partial charge in [-0.1, -0.05) is 13.0 Å². The smallest absolute Gasteiger partial charge is 0.340 e. The summed E-state index contributed by atoms with van der Waals surface area (Å²) in [6, 6.07) is 5.70. The third kappa shape index (κ3) is 2.27. The first-order valence-electron chi connectivity index (χ1n) is 5.95. The number of nitrogens with two attached hydrogens (primary N) is 1. The lowest BCUT2D eigenvalue weighted by Crippen LogP contribution is -2.02. The van der Waals surface area contributed by atoms with Crippen molar-refractivity contribution < 1.29 is 14.6 Å². The highest BCUT2D eigenvalue weighted by Gasteiger charge is 2.20. The number of benzene rings is 1. The van der Waals surface area contributed by atoms with Gasteiger partial charge in [-0.15, -0.1) is 0 Å². The average Bonchev–Trinajstić information content (AvgIpc) is 2.79. The molecule has 0 atom stereocenters. The molecule has 5 heteroatoms. The Morgan fingerprint density at radius 3 is 2.79 bits per heavy atom. The van der Waals surface area contributed by atoms with Gasteiger partial charge in [-0.25, -0.2) is 4.79 Å². The second-order valence-corrected chi connectivity index (χ2v) is 4.19. The summed E-state index contributed by atoms with van der Waals surface area (Å²) in [6.45, 7) is 2.03. The summed E-state index contributed by atoms with van der Waals surface area (Å²) in [5.41, 5.74) is 8.25. The lowest BCUT2D eigenvalue weighted by Gasteiger charge is -2.10. The summed E-state index contributed by atoms with van der Waals surface area (Å²) in [5, 5.41) is 9.25. The molecule has 100 valence electrons. The van der Waals surface area contributed by atoms with Gasteiger partial charge in [-0.05, 0) is 24.1 Å². The molecule has 0 fully saturated rings. The van der Waals surface area contributed by atoms with Gasteiger partial charge in [0, 0.05) is 11.8 Å². The summed E-state index contributed by atoms with van der Waals surface area (Å²) in [7, 11) is 1.55. The van der Waals surface area contributed by atoms with Gasteiger partial charge in [0.15, 0.2) is 0 Å². The highest BCUT2D eigenvalue weighted by molar-refractivity contribution is 6.01. The number of aromatic nitrogens is 1. The van der Waals surface area contributed by atoms with Crippen LogP contribution in [-0.2, 0) is 6.42 Å². The van der Waals surface area contributed by atoms with Gasteiger partial charge < -0.3 is 20.6 Å². The van der Waals surface area contributed by atoms with Crippen LogP contribution in [0, 0.1) is 0 Å². The zero-order chi connectivity index (χ0) is 14.0. The number of carbonyl (C=O) groups is 1. The zero-order valence-electron chi connectivity index (χ0n) is 10.9. The van der Waals surface area contributed by atoms with Crippen molar-refractivity contribution in [3.8, 4) is 17.0 Å². The highest BCUT2D eigenvalue weighted by Crippen LogP contribution is 2.34. The number of hydrogen-bond donors (Lipinski definition) is 3. The number of aromatic carboxylic acids is 1. The van der Waals surface area contributed by atoms with Crippen molar-refractivity contribution in [2.24, 2.45) is 0 Å². The molecule has 0 aliphatic rings. The summed E-state index contributed by atoms with van der Waals surface area (Å²) in [4.78, 5) is 14.2. The van der Waals surface area contributed by atoms with E-state index in [-0.39, 0.29) is 11.3 Å². The van der Waals surface area contributed by atoms with E-state index in [1.807, 2.05) is 25.1 Å². The molecule has 19 heavy (non-hydrogen) atoms. The fourth-order valence-corrected chi connectivity index (χ4v) is 2.05. The molecule has 0 bridgehead atoms. The second-order valence-electron chi connectivity index (χ2n) is 4.19. The molecule has 1 heterocycles. The van der Waals surface area contributed by atoms with Gasteiger partial charge in [0.1, 0.15) is 11.3 Å². The Labute approximate surface area is 111 Å². The number of aryl methyl sites for hydroxylation is 1. The molecule has 0 spiro atoms. The summed E-state index contributed by atoms with van der Waals surface area (Å²) in [6.07, 6.45) is 2.34. The Kier molecular flexibility index (Phi) is 3.46. The highest BCUT2D eigenvalue weighted by atomic mass is 16.5. The van der Waals surface area contributed by atoms with Gasteiger partial charge in [-0.2, -0.15) is 0 Å². The molecule has 2 aromatic rings. The van der Waals surface area contributed by atoms with E-state index in [2.05, 4.69) is 4.98 Å². The largest absolute Gasteiger partial charge is 0.496 e. The molecule has 2 rings (SSSR count). The molecule has 0 unspecified atom stereocenters. The van der Waals surface area contributed by atoms with Crippen LogP contribution < -0.4 is 10.5 Å². The molecule has 0 amide bonds. The summed E-state index contributed by atoms with van der Waals surface area (Å²) in [5.74, 6) is -0.445. The van der Waals surface area contributed by atoms with Crippen molar-refractivity contribution in [2.75, 3.05) is 12.8 Å². The van der Waals surface area contributed by atoms with E-state index in [4.69, 9.17) is 10.5 Å². The predicted molar refractivity (Wildman–Crippen MR) is 73.5 cm³/mol. The topological polar surface area (TPSA) is 88.3 Å². The number of anilines is 1. The van der Waals surface area contributed by atoms with Crippen molar-refractivity contribution >= 4 is 11.7 Å². The van der Waals surface area contributed by atoms with Crippen molar-refractivity contribution in [1.82, 2.24) is 4.98 Å². The SMILES string of the molecule is CCc1ccc(OC)c(-c2[nH]cc(N)c2C(=O)O)c1. The number of carboxylic acid groups (broad SMARTS) is 1. The number of hydrogen-bond acceptors (Lipinski definition) is 3. The van der Waals surface area contributed by atoms with Gasteiger partial charge >= 0.3 is 5.97 Å². The van der Waals surface area contributed by atoms with E-state index in [1.165, 1.54) is 6.20 Å². The molecule has 0 saturated heterocycles. The molecular formula is C14H16N2O3. The Morgan fingerprint density at radius 2 is 2.21 bits per heavy atom. The van der Waals surface area contributed by atoms with Crippen LogP contribution in [0.2, 0.25) is 0 Å². The number of methoxy groups -OCH3 is 1. The lowest BCUT2D eigenvalue weighted by atomic mass is 10.0. The Hall–Kier alpha value is -2.43. The van der Waals surface area contributed by atoms with E-state index in [0.29, 0.717) is 17.0 Å². The number of H-pyrrole nitrogens is 1. The quantitative estimate of drug-likeness (QED) is 0.788. The van der Waals surface area contributed by atoms with E-state index in [9.17, 15) is 9.90 Å². The summed E-state index contributed by atoms with van der Waals surface area (Å²) < 4.78 is 5.29. The number of ether oxygens (including phenoxy) is 1. The first-order valence-corrected chi connectivity index (χ1v) is 5.95. The molecule has 0 aliphatic heterocycles. The van der Waals surface area contributed by atoms with Crippen LogP contribution in [0.25, 0.3) is 11.3 Å². The van der Waals surface area contributed by atoms with E-state index < -0.39 is 5.97 Å². The second kappa shape index (κ2) is 5.06. The van der Waals surface area contributed by atoms with Crippen molar-refractivity contribution in [3.05, 3.63) is 35.5 Å². The molecule has 1 aromatic carbocycles. The number of carboxylic acids is 1. The van der Waals surface area contributed by atoms with Crippen molar-refractivity contribution in [2.45, 2.75) is 13.3 Å². The maximum atomic E-state index is 11.3. The first kappa shape index (κ1) is 13.0. The molecule has 5 nitrogen and oxygen atoms in total. The van der Waals surface area contributed by atoms with E-state index in [0.717, 1.165) is 12.0 Å². The van der Waals surface area contributed by atoms with Crippen LogP contribution in [0.15, 0.2) is 24.4 Å². The number of nitrogens with one attached hydrogen (secondary N) is 1. The van der Waals surface area contributed by atoms with Gasteiger partial charge in [0.2, 0.25) is 0 Å². The van der Waals surface area contributed by atoms with Crippen molar-refractivity contribution in [1.29, 1.82) is 0 Å². The maximum Gasteiger partial charge on any atom is 0.340 e. The standard InChI is InChI=1S/C14H16N2O3/c1-3-8-4-5-11(19-2)9(6-8)13-12(14(17)18)10(15)7-16-13/h4-7,16H,3,15H2,1-2H3,(H,17,18). The van der Waals surface area contributed by atoms with Crippen LogP contribution in [0.3, 0.4) is 0 Å². The fraction of sp³-hybridized carbons (Fsp3) is 0.214. The molecule has 0 radical (unpaired) electrons. The number of nitrogen functional groups attached to an aromatic ring is 1. The van der Waals surface area contributed by atoms with Gasteiger partial charge in [0.05, 0.1) is 18.5 Å². The predicted octanol–water partition coefficient (Wildman–Crippen LogP) is 2.53. The normalized spacial score (nSPS) is 10.4. The summed E-state index contributed by atoms with van der Waals surface area (Å²) >= 11 is 0. The van der Waals surface area contributed by atoms with Crippen LogP contribution >= 0.6 is 0 Å². The van der Waals surface area contributed by atoms with Gasteiger partial charge in [0.25, 0.3) is 0 Å². The van der Waals surface area contributed by atoms with Crippen LogP contribution in [0.5, 0.6) is 5.75 Å². The average molecular weight is 260 g/mol. The third-order valence-electron chi connectivity index (χ3n) is 3.07.